The molecule has 4 saturated heterocycles. The Morgan fingerprint density at radius 2 is 0.965 bits per heavy atom. The van der Waals surface area contributed by atoms with Crippen LogP contribution in [0.15, 0.2) is 84.9 Å². The molecule has 2 atom stereocenters. The average molecular weight is 1300 g/mol. The van der Waals surface area contributed by atoms with Gasteiger partial charge >= 0.3 is 53.9 Å². The summed E-state index contributed by atoms with van der Waals surface area (Å²) in [5, 5.41) is 7.76. The van der Waals surface area contributed by atoms with Gasteiger partial charge in [-0.15, -0.1) is 0 Å². The van der Waals surface area contributed by atoms with Crippen LogP contribution in [0.25, 0.3) is 0 Å². The molecule has 465 valence electrons. The molecule has 8 rings (SSSR count). The van der Waals surface area contributed by atoms with Gasteiger partial charge in [0, 0.05) is 79.6 Å². The molecule has 21 heteroatoms. The number of halogens is 6. The van der Waals surface area contributed by atoms with Gasteiger partial charge in [-0.2, -0.15) is 6.92 Å². The van der Waals surface area contributed by atoms with Crippen LogP contribution in [0.3, 0.4) is 0 Å². The van der Waals surface area contributed by atoms with E-state index in [9.17, 15) is 14.4 Å². The maximum absolute atomic E-state index is 9.82. The molecule has 0 aliphatic carbocycles. The summed E-state index contributed by atoms with van der Waals surface area (Å²) in [7, 11) is 3.25. The van der Waals surface area contributed by atoms with Gasteiger partial charge in [0.05, 0.1) is 33.5 Å². The third-order valence-corrected chi connectivity index (χ3v) is 16.5. The van der Waals surface area contributed by atoms with Crippen molar-refractivity contribution in [1.82, 2.24) is 20.0 Å². The largest absolute Gasteiger partial charge is 1.00 e. The fraction of sp³-hybridized carbons (Fsp3) is 0.562. The van der Waals surface area contributed by atoms with Crippen LogP contribution in [0.4, 0.5) is 11.4 Å². The van der Waals surface area contributed by atoms with Gasteiger partial charge in [-0.1, -0.05) is 135 Å². The summed E-state index contributed by atoms with van der Waals surface area (Å²) in [5.74, 6) is 0.576. The summed E-state index contributed by atoms with van der Waals surface area (Å²) >= 11 is 37.9. The first-order chi connectivity index (χ1) is 39.4. The van der Waals surface area contributed by atoms with Crippen LogP contribution in [0.5, 0.6) is 0 Å². The third-order valence-electron chi connectivity index (χ3n) is 14.9. The predicted octanol–water partition coefficient (Wildman–Crippen LogP) is 11.5. The number of piperazine rings is 2. The number of rotatable bonds is 13. The molecule has 4 aliphatic rings. The number of aldehydes is 1. The van der Waals surface area contributed by atoms with Gasteiger partial charge in [0.1, 0.15) is 6.29 Å². The number of ether oxygens (including phenoxy) is 1. The maximum Gasteiger partial charge on any atom is 1.00 e. The number of nitrogens with one attached hydrogen (secondary N) is 1. The Bertz CT molecular complexity index is 2540. The summed E-state index contributed by atoms with van der Waals surface area (Å²) < 4.78 is 11.7. The molecule has 13 nitrogen and oxygen atoms in total. The normalized spacial score (nSPS) is 17.7. The Morgan fingerprint density at radius 1 is 0.588 bits per heavy atom. The van der Waals surface area contributed by atoms with Crippen molar-refractivity contribution in [2.45, 2.75) is 126 Å². The van der Waals surface area contributed by atoms with Crippen LogP contribution in [-0.4, -0.2) is 137 Å². The second kappa shape index (κ2) is 42.4. The van der Waals surface area contributed by atoms with Gasteiger partial charge < -0.3 is 39.8 Å². The average Bonchev–Trinajstić information content (AvgIpc) is 2.25. The molecule has 4 fully saturated rings. The number of nitrogens with zero attached hydrogens (tertiary/aromatic N) is 5. The minimum absolute atomic E-state index is 0. The summed E-state index contributed by atoms with van der Waals surface area (Å²) in [6, 6.07) is 28.6. The second-order valence-corrected chi connectivity index (χ2v) is 26.5. The number of hydrogen-bond donors (Lipinski definition) is 1. The van der Waals surface area contributed by atoms with Crippen molar-refractivity contribution < 1.29 is 63.7 Å². The molecule has 1 radical (unpaired) electrons. The second-order valence-electron chi connectivity index (χ2n) is 23.9. The van der Waals surface area contributed by atoms with Crippen molar-refractivity contribution in [1.29, 1.82) is 0 Å². The van der Waals surface area contributed by atoms with E-state index in [0.717, 1.165) is 85.4 Å². The SMILES string of the molecule is CC(=O)OC(C)=O.CC(C)(C)CC=O.CC(C)(C)CCN1CCC(CCN2CCN(c3ccc(Cl)cc3Cl)C(c3ccc(Cl)cc3)C2)CC1.C[C-]=O.Clc1ccc(C2CN(CCC3CCNCC3)CCN2c2ccc(Cl)cc2Cl)cc1.O.[B]=O.[Na+]. The van der Waals surface area contributed by atoms with Crippen LogP contribution in [0.2, 0.25) is 30.1 Å². The van der Waals surface area contributed by atoms with Gasteiger partial charge in [0.25, 0.3) is 0 Å². The Labute approximate surface area is 561 Å². The van der Waals surface area contributed by atoms with E-state index in [0.29, 0.717) is 31.9 Å². The van der Waals surface area contributed by atoms with E-state index in [4.69, 9.17) is 79.1 Å². The number of likely N-dealkylation sites (tertiary alicyclic amines) is 1. The van der Waals surface area contributed by atoms with Gasteiger partial charge in [0.2, 0.25) is 0 Å². The van der Waals surface area contributed by atoms with E-state index in [1.165, 1.54) is 122 Å². The molecule has 0 aromatic heterocycles. The summed E-state index contributed by atoms with van der Waals surface area (Å²) in [4.78, 5) is 50.9. The van der Waals surface area contributed by atoms with E-state index >= 15 is 0 Å². The number of anilines is 2. The predicted molar refractivity (Wildman–Crippen MR) is 351 cm³/mol. The molecule has 4 aliphatic heterocycles. The van der Waals surface area contributed by atoms with Crippen LogP contribution in [0.1, 0.15) is 137 Å². The zero-order valence-electron chi connectivity index (χ0n) is 51.8. The minimum Gasteiger partial charge on any atom is 1.00 e. The van der Waals surface area contributed by atoms with E-state index in [-0.39, 0.29) is 52.5 Å². The molecule has 3 N–H and O–H groups in total. The Hall–Kier alpha value is -2.64. The van der Waals surface area contributed by atoms with Crippen molar-refractivity contribution >= 4 is 113 Å². The van der Waals surface area contributed by atoms with Crippen LogP contribution in [0, 0.1) is 22.7 Å². The Kier molecular flexibility index (Phi) is 40.1. The number of carbonyl (C=O) groups excluding carboxylic acids is 4. The molecular formula is C64H91BCl6N6NaO7. The van der Waals surface area contributed by atoms with Crippen molar-refractivity contribution in [2.24, 2.45) is 22.7 Å². The van der Waals surface area contributed by atoms with Gasteiger partial charge in [-0.05, 0) is 185 Å². The van der Waals surface area contributed by atoms with Crippen molar-refractivity contribution in [3.05, 3.63) is 126 Å². The van der Waals surface area contributed by atoms with Crippen LogP contribution >= 0.6 is 69.6 Å². The summed E-state index contributed by atoms with van der Waals surface area (Å²) in [6.07, 6.45) is 12.3. The van der Waals surface area contributed by atoms with Crippen LogP contribution in [-0.2, 0) is 28.6 Å². The molecule has 0 saturated carbocycles. The Morgan fingerprint density at radius 3 is 1.28 bits per heavy atom. The number of esters is 2. The van der Waals surface area contributed by atoms with Gasteiger partial charge in [-0.3, -0.25) is 25.7 Å². The first-order valence-electron chi connectivity index (χ1n) is 28.9. The molecule has 4 heterocycles. The molecule has 4 aromatic rings. The molecule has 4 aromatic carbocycles. The quantitative estimate of drug-likeness (QED) is 0.0445. The van der Waals surface area contributed by atoms with Crippen LogP contribution < -0.4 is 44.7 Å². The Balaban J connectivity index is 0.000000647. The topological polar surface area (TPSA) is 154 Å². The van der Waals surface area contributed by atoms with Gasteiger partial charge in [-0.25, -0.2) is 0 Å². The molecule has 0 amide bonds. The number of hydrogen-bond acceptors (Lipinski definition) is 12. The first kappa shape index (κ1) is 80.4. The fourth-order valence-electron chi connectivity index (χ4n) is 10.4. The zero-order chi connectivity index (χ0) is 61.7. The number of carbonyl (C=O) groups is 3. The molecule has 2 unspecified atom stereocenters. The molecular weight excluding hydrogens is 1210 g/mol. The van der Waals surface area contributed by atoms with Crippen molar-refractivity contribution in [3.63, 3.8) is 0 Å². The third kappa shape index (κ3) is 31.6. The summed E-state index contributed by atoms with van der Waals surface area (Å²) in [5.41, 5.74) is 5.26. The number of piperidine rings is 2. The molecule has 0 bridgehead atoms. The fourth-order valence-corrected chi connectivity index (χ4v) is 11.7. The monoisotopic (exact) mass is 1300 g/mol. The van der Waals surface area contributed by atoms with Crippen molar-refractivity contribution in [3.8, 4) is 0 Å². The number of benzene rings is 4. The van der Waals surface area contributed by atoms with E-state index < -0.39 is 11.9 Å². The zero-order valence-corrected chi connectivity index (χ0v) is 58.4. The minimum atomic E-state index is -0.562. The van der Waals surface area contributed by atoms with Gasteiger partial charge in [0.15, 0.2) is 0 Å². The van der Waals surface area contributed by atoms with E-state index in [1.807, 2.05) is 75.4 Å². The molecule has 0 spiro atoms. The smallest absolute Gasteiger partial charge is 1.00 e. The van der Waals surface area contributed by atoms with E-state index in [1.54, 1.807) is 0 Å². The standard InChI is InChI=1S/C29H40Cl3N3.C23H28Cl3N3.C6H12O.C4H6O3.C2H3O.BO.Na.H2O/c1-29(2,3)13-17-33-14-10-22(11-15-33)12-16-34-18-19-35(27-9-8-25(31)20-26(27)32)28(21-34)23-4-6-24(30)7-5-23;24-19-3-1-18(2-4-19)23-16-28(12-9-17-7-10-27-11-8-17)13-14-29(23)22-6-5-20(25)15-21(22)26;1-6(2,3)4-5-7;1-3(5)7-4(2)6;1-2-3;1-2;;/h4-9,20,22,28H,10-19,21H2,1-3H3;1-6,15,17,23,27H,7-14,16H2;5H,4H2,1-3H3;1-2H3;1H3;;;1H2/q;;;;-1;;+1;. The first-order valence-corrected chi connectivity index (χ1v) is 31.1. The maximum atomic E-state index is 9.82. The summed E-state index contributed by atoms with van der Waals surface area (Å²) in [6.45, 7) is 31.2. The van der Waals surface area contributed by atoms with E-state index in [2.05, 4.69) is 93.4 Å². The molecule has 85 heavy (non-hydrogen) atoms. The van der Waals surface area contributed by atoms with Crippen molar-refractivity contribution in [2.75, 3.05) is 94.9 Å².